The highest BCUT2D eigenvalue weighted by molar-refractivity contribution is 7.15. The molecule has 0 aliphatic rings. The van der Waals surface area contributed by atoms with Gasteiger partial charge < -0.3 is 14.8 Å². The average molecular weight is 400 g/mol. The summed E-state index contributed by atoms with van der Waals surface area (Å²) in [6.07, 6.45) is -0.169. The van der Waals surface area contributed by atoms with Crippen LogP contribution in [0.15, 0.2) is 0 Å². The molecule has 154 valence electrons. The lowest BCUT2D eigenvalue weighted by molar-refractivity contribution is 0.0491. The third-order valence-corrected chi connectivity index (χ3v) is 4.59. The van der Waals surface area contributed by atoms with Crippen LogP contribution in [0.5, 0.6) is 0 Å². The molecule has 0 bridgehead atoms. The number of hydrogen-bond acceptors (Lipinski definition) is 6. The van der Waals surface area contributed by atoms with Crippen molar-refractivity contribution >= 4 is 28.7 Å². The number of nitrogens with one attached hydrogen (secondary N) is 1. The maximum atomic E-state index is 12.7. The third-order valence-electron chi connectivity index (χ3n) is 3.27. The van der Waals surface area contributed by atoms with E-state index in [1.807, 2.05) is 34.6 Å². The Labute approximate surface area is 166 Å². The zero-order valence-electron chi connectivity index (χ0n) is 17.9. The molecule has 1 rings (SSSR count). The summed E-state index contributed by atoms with van der Waals surface area (Å²) in [5.41, 5.74) is -0.312. The van der Waals surface area contributed by atoms with Crippen molar-refractivity contribution in [1.29, 1.82) is 0 Å². The van der Waals surface area contributed by atoms with Gasteiger partial charge in [0, 0.05) is 10.9 Å². The van der Waals surface area contributed by atoms with Crippen molar-refractivity contribution < 1.29 is 19.1 Å². The van der Waals surface area contributed by atoms with Crippen molar-refractivity contribution in [2.24, 2.45) is 0 Å². The van der Waals surface area contributed by atoms with E-state index >= 15 is 0 Å². The Morgan fingerprint density at radius 2 is 1.70 bits per heavy atom. The van der Waals surface area contributed by atoms with E-state index in [0.29, 0.717) is 5.13 Å². The lowest BCUT2D eigenvalue weighted by Crippen LogP contribution is -2.47. The molecule has 0 fully saturated rings. The molecule has 0 radical (unpaired) electrons. The summed E-state index contributed by atoms with van der Waals surface area (Å²) < 4.78 is 10.8. The number of aromatic nitrogens is 1. The Bertz CT molecular complexity index is 659. The second-order valence-corrected chi connectivity index (χ2v) is 9.56. The molecule has 0 saturated heterocycles. The summed E-state index contributed by atoms with van der Waals surface area (Å²) in [6, 6.07) is -0.346. The summed E-state index contributed by atoms with van der Waals surface area (Å²) in [5, 5.41) is 3.32. The molecule has 1 aromatic heterocycles. The number of carbonyl (C=O) groups excluding carboxylic acids is 2. The molecular weight excluding hydrogens is 366 g/mol. The van der Waals surface area contributed by atoms with Gasteiger partial charge in [-0.25, -0.2) is 14.6 Å². The Hall–Kier alpha value is -1.83. The second kappa shape index (κ2) is 8.91. The van der Waals surface area contributed by atoms with E-state index in [1.165, 1.54) is 16.2 Å². The molecule has 1 N–H and O–H groups in total. The third kappa shape index (κ3) is 8.15. The number of carbonyl (C=O) groups is 2. The van der Waals surface area contributed by atoms with Gasteiger partial charge in [-0.2, -0.15) is 0 Å². The first kappa shape index (κ1) is 23.2. The number of anilines is 1. The van der Waals surface area contributed by atoms with Gasteiger partial charge in [0.25, 0.3) is 0 Å². The fourth-order valence-corrected chi connectivity index (χ4v) is 3.23. The highest BCUT2D eigenvalue weighted by atomic mass is 32.1. The van der Waals surface area contributed by atoms with Crippen LogP contribution in [0.25, 0.3) is 0 Å². The molecule has 0 aromatic carbocycles. The van der Waals surface area contributed by atoms with E-state index in [9.17, 15) is 9.59 Å². The number of amides is 2. The summed E-state index contributed by atoms with van der Waals surface area (Å²) in [6.45, 7) is 16.9. The molecule has 8 heteroatoms. The van der Waals surface area contributed by atoms with Crippen LogP contribution in [0.1, 0.15) is 66.0 Å². The van der Waals surface area contributed by atoms with Gasteiger partial charge >= 0.3 is 12.2 Å². The SMILES string of the molecule is CCc1sc(N(C[C@@H](C)NC(=O)OC(C)(C)C)C(=O)OC(C)(C)C)nc1C. The number of aryl methyl sites for hydroxylation is 2. The molecule has 0 aliphatic heterocycles. The lowest BCUT2D eigenvalue weighted by Gasteiger charge is -2.28. The Kier molecular flexibility index (Phi) is 7.66. The minimum atomic E-state index is -0.628. The predicted molar refractivity (Wildman–Crippen MR) is 109 cm³/mol. The van der Waals surface area contributed by atoms with Crippen molar-refractivity contribution in [2.75, 3.05) is 11.4 Å². The summed E-state index contributed by atoms with van der Waals surface area (Å²) in [5.74, 6) is 0. The Balaban J connectivity index is 2.97. The van der Waals surface area contributed by atoms with Crippen LogP contribution >= 0.6 is 11.3 Å². The summed E-state index contributed by atoms with van der Waals surface area (Å²) >= 11 is 1.46. The minimum absolute atomic E-state index is 0.226. The topological polar surface area (TPSA) is 80.8 Å². The molecule has 0 spiro atoms. The monoisotopic (exact) mass is 399 g/mol. The minimum Gasteiger partial charge on any atom is -0.444 e. The average Bonchev–Trinajstić information content (AvgIpc) is 2.81. The van der Waals surface area contributed by atoms with Crippen LogP contribution < -0.4 is 10.2 Å². The second-order valence-electron chi connectivity index (χ2n) is 8.50. The van der Waals surface area contributed by atoms with E-state index in [4.69, 9.17) is 9.47 Å². The molecule has 27 heavy (non-hydrogen) atoms. The maximum absolute atomic E-state index is 12.7. The number of nitrogens with zero attached hydrogens (tertiary/aromatic N) is 2. The van der Waals surface area contributed by atoms with E-state index in [2.05, 4.69) is 17.2 Å². The van der Waals surface area contributed by atoms with Crippen molar-refractivity contribution in [3.8, 4) is 0 Å². The van der Waals surface area contributed by atoms with E-state index in [1.54, 1.807) is 20.8 Å². The number of ether oxygens (including phenoxy) is 2. The van der Waals surface area contributed by atoms with Crippen LogP contribution in [0.3, 0.4) is 0 Å². The highest BCUT2D eigenvalue weighted by Gasteiger charge is 2.28. The number of alkyl carbamates (subject to hydrolysis) is 1. The van der Waals surface area contributed by atoms with Gasteiger partial charge in [0.15, 0.2) is 5.13 Å². The molecule has 1 heterocycles. The maximum Gasteiger partial charge on any atom is 0.416 e. The molecule has 2 amide bonds. The first-order valence-corrected chi connectivity index (χ1v) is 10.00. The molecule has 7 nitrogen and oxygen atoms in total. The Morgan fingerprint density at radius 1 is 1.15 bits per heavy atom. The van der Waals surface area contributed by atoms with Crippen molar-refractivity contribution in [3.05, 3.63) is 10.6 Å². The fourth-order valence-electron chi connectivity index (χ4n) is 2.23. The van der Waals surface area contributed by atoms with Gasteiger partial charge in [0.05, 0.1) is 12.2 Å². The summed E-state index contributed by atoms with van der Waals surface area (Å²) in [7, 11) is 0. The van der Waals surface area contributed by atoms with E-state index in [0.717, 1.165) is 17.0 Å². The lowest BCUT2D eigenvalue weighted by atomic mass is 10.2. The van der Waals surface area contributed by atoms with Gasteiger partial charge in [-0.1, -0.05) is 6.92 Å². The first-order valence-electron chi connectivity index (χ1n) is 9.18. The van der Waals surface area contributed by atoms with Gasteiger partial charge in [-0.05, 0) is 61.8 Å². The quantitative estimate of drug-likeness (QED) is 0.778. The smallest absolute Gasteiger partial charge is 0.416 e. The summed E-state index contributed by atoms with van der Waals surface area (Å²) in [4.78, 5) is 31.9. The highest BCUT2D eigenvalue weighted by Crippen LogP contribution is 2.28. The number of thiazole rings is 1. The van der Waals surface area contributed by atoms with Crippen molar-refractivity contribution in [3.63, 3.8) is 0 Å². The zero-order chi connectivity index (χ0) is 21.0. The van der Waals surface area contributed by atoms with Gasteiger partial charge in [0.2, 0.25) is 0 Å². The van der Waals surface area contributed by atoms with Gasteiger partial charge in [-0.3, -0.25) is 4.90 Å². The standard InChI is InChI=1S/C19H33N3O4S/c1-10-14-13(3)21-15(27-14)22(17(24)26-19(7,8)9)11-12(2)20-16(23)25-18(4,5)6/h12H,10-11H2,1-9H3,(H,20,23)/t12-/m1/s1. The molecule has 0 saturated carbocycles. The molecule has 0 aliphatic carbocycles. The normalized spacial score (nSPS) is 13.1. The zero-order valence-corrected chi connectivity index (χ0v) is 18.7. The van der Waals surface area contributed by atoms with Crippen molar-refractivity contribution in [2.45, 2.75) is 86.0 Å². The van der Waals surface area contributed by atoms with Crippen molar-refractivity contribution in [1.82, 2.24) is 10.3 Å². The number of rotatable bonds is 5. The number of hydrogen-bond donors (Lipinski definition) is 1. The van der Waals surface area contributed by atoms with Gasteiger partial charge in [0.1, 0.15) is 11.2 Å². The molecule has 0 unspecified atom stereocenters. The molecular formula is C19H33N3O4S. The molecule has 1 atom stereocenters. The van der Waals surface area contributed by atoms with Crippen LogP contribution in [-0.4, -0.2) is 41.0 Å². The van der Waals surface area contributed by atoms with Crippen LogP contribution in [0.4, 0.5) is 14.7 Å². The van der Waals surface area contributed by atoms with E-state index in [-0.39, 0.29) is 12.6 Å². The van der Waals surface area contributed by atoms with E-state index < -0.39 is 23.4 Å². The first-order chi connectivity index (χ1) is 12.2. The largest absolute Gasteiger partial charge is 0.444 e. The molecule has 1 aromatic rings. The fraction of sp³-hybridized carbons (Fsp3) is 0.737. The Morgan fingerprint density at radius 3 is 2.15 bits per heavy atom. The van der Waals surface area contributed by atoms with Crippen LogP contribution in [-0.2, 0) is 15.9 Å². The van der Waals surface area contributed by atoms with Crippen LogP contribution in [0, 0.1) is 6.92 Å². The predicted octanol–water partition coefficient (Wildman–Crippen LogP) is 4.67. The van der Waals surface area contributed by atoms with Gasteiger partial charge in [-0.15, -0.1) is 11.3 Å². The van der Waals surface area contributed by atoms with Crippen LogP contribution in [0.2, 0.25) is 0 Å².